The van der Waals surface area contributed by atoms with Crippen molar-refractivity contribution in [2.24, 2.45) is 0 Å². The molecule has 3 heterocycles. The summed E-state index contributed by atoms with van der Waals surface area (Å²) >= 11 is 1.89. The molecule has 63 heavy (non-hydrogen) atoms. The van der Waals surface area contributed by atoms with E-state index in [1.165, 1.54) is 108 Å². The van der Waals surface area contributed by atoms with Crippen molar-refractivity contribution in [2.75, 3.05) is 0 Å². The number of aromatic nitrogens is 2. The van der Waals surface area contributed by atoms with Gasteiger partial charge in [-0.3, -0.25) is 0 Å². The molecule has 0 unspecified atom stereocenters. The maximum Gasteiger partial charge on any atom is 0.0547 e. The monoisotopic (exact) mass is 818 g/mol. The Labute approximate surface area is 368 Å². The molecule has 0 aliphatic carbocycles. The van der Waals surface area contributed by atoms with E-state index in [9.17, 15) is 0 Å². The van der Waals surface area contributed by atoms with Crippen LogP contribution < -0.4 is 0 Å². The van der Waals surface area contributed by atoms with Crippen molar-refractivity contribution in [3.8, 4) is 55.9 Å². The van der Waals surface area contributed by atoms with E-state index in [1.54, 1.807) is 0 Å². The van der Waals surface area contributed by atoms with Crippen molar-refractivity contribution in [3.05, 3.63) is 231 Å². The van der Waals surface area contributed by atoms with E-state index < -0.39 is 0 Å². The fourth-order valence-corrected chi connectivity index (χ4v) is 11.2. The first-order valence-electron chi connectivity index (χ1n) is 21.6. The molecule has 2 nitrogen and oxygen atoms in total. The van der Waals surface area contributed by atoms with E-state index in [0.29, 0.717) is 0 Å². The summed E-state index contributed by atoms with van der Waals surface area (Å²) in [5.41, 5.74) is 16.7. The third-order valence-electron chi connectivity index (χ3n) is 12.9. The Kier molecular flexibility index (Phi) is 8.12. The van der Waals surface area contributed by atoms with Gasteiger partial charge in [0.2, 0.25) is 0 Å². The Hall–Kier alpha value is -7.98. The molecule has 10 aromatic carbocycles. The largest absolute Gasteiger partial charge is 0.309 e. The Morgan fingerprint density at radius 1 is 0.254 bits per heavy atom. The van der Waals surface area contributed by atoms with E-state index in [0.717, 1.165) is 11.4 Å². The molecular formula is C60H38N2S. The van der Waals surface area contributed by atoms with Gasteiger partial charge in [-0.2, -0.15) is 0 Å². The highest BCUT2D eigenvalue weighted by Gasteiger charge is 2.18. The standard InChI is InChI=1S/C60H38N2S/c1-3-15-39(16-4-1)40-17-13-20-47(36-40)62-56-27-11-8-22-50(56)52-32-30-42(38-58(52)62)44-33-43(34-45(35-44)48-24-14-25-54-53-23-9-12-28-59(53)63-60(48)54)41-29-31-51-49-21-7-10-26-55(49)61(57(51)37-41)46-18-5-2-6-19-46/h1-38H. The molecule has 0 N–H and O–H groups in total. The second kappa shape index (κ2) is 14.3. The molecular weight excluding hydrogens is 781 g/mol. The van der Waals surface area contributed by atoms with Gasteiger partial charge in [-0.25, -0.2) is 0 Å². The van der Waals surface area contributed by atoms with Crippen LogP contribution in [0.1, 0.15) is 0 Å². The van der Waals surface area contributed by atoms with E-state index in [2.05, 4.69) is 240 Å². The van der Waals surface area contributed by atoms with Crippen LogP contribution in [0.3, 0.4) is 0 Å². The lowest BCUT2D eigenvalue weighted by Gasteiger charge is -2.14. The third-order valence-corrected chi connectivity index (χ3v) is 14.1. The summed E-state index contributed by atoms with van der Waals surface area (Å²) in [6.45, 7) is 0. The van der Waals surface area contributed by atoms with Crippen LogP contribution in [0.25, 0.3) is 120 Å². The number of thiophene rings is 1. The van der Waals surface area contributed by atoms with Gasteiger partial charge in [0, 0.05) is 53.1 Å². The second-order valence-electron chi connectivity index (χ2n) is 16.5. The third kappa shape index (κ3) is 5.78. The summed E-state index contributed by atoms with van der Waals surface area (Å²) in [6, 6.07) is 84.8. The van der Waals surface area contributed by atoms with Crippen LogP contribution in [-0.4, -0.2) is 9.13 Å². The molecule has 0 fully saturated rings. The fourth-order valence-electron chi connectivity index (χ4n) is 9.98. The lowest BCUT2D eigenvalue weighted by Crippen LogP contribution is -1.95. The molecule has 3 aromatic heterocycles. The summed E-state index contributed by atoms with van der Waals surface area (Å²) in [4.78, 5) is 0. The molecule has 0 amide bonds. The molecule has 0 radical (unpaired) electrons. The molecule has 0 aliphatic rings. The Bertz CT molecular complexity index is 3900. The average molecular weight is 819 g/mol. The molecule has 294 valence electrons. The van der Waals surface area contributed by atoms with Crippen LogP contribution in [0, 0.1) is 0 Å². The number of fused-ring (bicyclic) bond motifs is 9. The predicted octanol–water partition coefficient (Wildman–Crippen LogP) is 16.9. The zero-order chi connectivity index (χ0) is 41.4. The molecule has 0 saturated carbocycles. The lowest BCUT2D eigenvalue weighted by molar-refractivity contribution is 1.18. The SMILES string of the molecule is c1ccc(-c2cccc(-n3c4ccccc4c4ccc(-c5cc(-c6ccc7c8ccccc8n(-c8ccccc8)c7c6)cc(-c6cccc7c6sc6ccccc67)c5)cc43)c2)cc1. The van der Waals surface area contributed by atoms with Crippen LogP contribution >= 0.6 is 11.3 Å². The number of nitrogens with zero attached hydrogens (tertiary/aromatic N) is 2. The highest BCUT2D eigenvalue weighted by atomic mass is 32.1. The first kappa shape index (κ1) is 35.7. The number of rotatable bonds is 6. The molecule has 3 heteroatoms. The van der Waals surface area contributed by atoms with Crippen molar-refractivity contribution >= 4 is 75.1 Å². The maximum absolute atomic E-state index is 2.44. The predicted molar refractivity (Wildman–Crippen MR) is 270 cm³/mol. The topological polar surface area (TPSA) is 9.86 Å². The number of hydrogen-bond acceptors (Lipinski definition) is 1. The van der Waals surface area contributed by atoms with Crippen molar-refractivity contribution in [1.29, 1.82) is 0 Å². The first-order valence-corrected chi connectivity index (χ1v) is 22.4. The molecule has 13 aromatic rings. The maximum atomic E-state index is 2.44. The number of hydrogen-bond donors (Lipinski definition) is 0. The zero-order valence-electron chi connectivity index (χ0n) is 34.2. The average Bonchev–Trinajstić information content (AvgIpc) is 4.02. The van der Waals surface area contributed by atoms with Gasteiger partial charge in [0.25, 0.3) is 0 Å². The van der Waals surface area contributed by atoms with Crippen LogP contribution in [-0.2, 0) is 0 Å². The summed E-state index contributed by atoms with van der Waals surface area (Å²) in [6.07, 6.45) is 0. The molecule has 0 spiro atoms. The van der Waals surface area contributed by atoms with Crippen molar-refractivity contribution in [2.45, 2.75) is 0 Å². The Morgan fingerprint density at radius 2 is 0.730 bits per heavy atom. The molecule has 0 bridgehead atoms. The van der Waals surface area contributed by atoms with Crippen LogP contribution in [0.4, 0.5) is 0 Å². The summed E-state index contributed by atoms with van der Waals surface area (Å²) in [5, 5.41) is 7.61. The minimum atomic E-state index is 1.15. The van der Waals surface area contributed by atoms with Gasteiger partial charge in [0.1, 0.15) is 0 Å². The van der Waals surface area contributed by atoms with Crippen molar-refractivity contribution in [1.82, 2.24) is 9.13 Å². The molecule has 0 aliphatic heterocycles. The Morgan fingerprint density at radius 3 is 1.41 bits per heavy atom. The van der Waals surface area contributed by atoms with Gasteiger partial charge in [0.05, 0.1) is 22.1 Å². The van der Waals surface area contributed by atoms with Gasteiger partial charge in [-0.15, -0.1) is 11.3 Å². The van der Waals surface area contributed by atoms with Crippen molar-refractivity contribution in [3.63, 3.8) is 0 Å². The van der Waals surface area contributed by atoms with Gasteiger partial charge < -0.3 is 9.13 Å². The lowest BCUT2D eigenvalue weighted by atomic mass is 9.92. The van der Waals surface area contributed by atoms with Gasteiger partial charge in [-0.1, -0.05) is 158 Å². The number of para-hydroxylation sites is 3. The highest BCUT2D eigenvalue weighted by molar-refractivity contribution is 7.26. The van der Waals surface area contributed by atoms with E-state index in [-0.39, 0.29) is 0 Å². The van der Waals surface area contributed by atoms with Crippen molar-refractivity contribution < 1.29 is 0 Å². The smallest absolute Gasteiger partial charge is 0.0547 e. The Balaban J connectivity index is 1.05. The molecule has 0 saturated heterocycles. The van der Waals surface area contributed by atoms with Crippen LogP contribution in [0.2, 0.25) is 0 Å². The van der Waals surface area contributed by atoms with Gasteiger partial charge >= 0.3 is 0 Å². The highest BCUT2D eigenvalue weighted by Crippen LogP contribution is 2.44. The van der Waals surface area contributed by atoms with E-state index >= 15 is 0 Å². The summed E-state index contributed by atoms with van der Waals surface area (Å²) in [7, 11) is 0. The van der Waals surface area contributed by atoms with Gasteiger partial charge in [0.15, 0.2) is 0 Å². The molecule has 0 atom stereocenters. The second-order valence-corrected chi connectivity index (χ2v) is 17.6. The molecule has 13 rings (SSSR count). The normalized spacial score (nSPS) is 11.8. The minimum absolute atomic E-state index is 1.15. The summed E-state index contributed by atoms with van der Waals surface area (Å²) < 4.78 is 7.48. The first-order chi connectivity index (χ1) is 31.2. The van der Waals surface area contributed by atoms with Crippen LogP contribution in [0.15, 0.2) is 231 Å². The van der Waals surface area contributed by atoms with E-state index in [4.69, 9.17) is 0 Å². The van der Waals surface area contributed by atoms with Gasteiger partial charge in [-0.05, 0) is 117 Å². The minimum Gasteiger partial charge on any atom is -0.309 e. The zero-order valence-corrected chi connectivity index (χ0v) is 35.1. The van der Waals surface area contributed by atoms with E-state index in [1.807, 2.05) is 11.3 Å². The quantitative estimate of drug-likeness (QED) is 0.158. The van der Waals surface area contributed by atoms with Crippen LogP contribution in [0.5, 0.6) is 0 Å². The summed E-state index contributed by atoms with van der Waals surface area (Å²) in [5.74, 6) is 0. The number of benzene rings is 10. The fraction of sp³-hybridized carbons (Fsp3) is 0.